The van der Waals surface area contributed by atoms with E-state index >= 15 is 0 Å². The minimum absolute atomic E-state index is 0.0988. The summed E-state index contributed by atoms with van der Waals surface area (Å²) in [6, 6.07) is 24.1. The Morgan fingerprint density at radius 3 is 2.33 bits per heavy atom. The Balaban J connectivity index is 1.57. The van der Waals surface area contributed by atoms with Gasteiger partial charge in [-0.05, 0) is 40.8 Å². The molecule has 3 rings (SSSR count). The van der Waals surface area contributed by atoms with E-state index in [0.29, 0.717) is 31.0 Å². The number of nitrogens with one attached hydrogen (secondary N) is 1. The van der Waals surface area contributed by atoms with Gasteiger partial charge in [0, 0.05) is 20.1 Å². The predicted octanol–water partition coefficient (Wildman–Crippen LogP) is 4.75. The number of carbonyl (C=O) groups is 1. The second kappa shape index (κ2) is 10.3. The monoisotopic (exact) mass is 404 g/mol. The summed E-state index contributed by atoms with van der Waals surface area (Å²) in [5.41, 5.74) is 4.48. The normalized spacial score (nSPS) is 10.4. The first-order valence-corrected chi connectivity index (χ1v) is 9.95. The second-order valence-corrected chi connectivity index (χ2v) is 7.05. The Bertz CT molecular complexity index is 973. The third-order valence-electron chi connectivity index (χ3n) is 4.99. The van der Waals surface area contributed by atoms with Crippen LogP contribution in [-0.2, 0) is 13.0 Å². The number of urea groups is 1. The highest BCUT2D eigenvalue weighted by Crippen LogP contribution is 2.27. The van der Waals surface area contributed by atoms with Gasteiger partial charge < -0.3 is 19.7 Å². The average Bonchev–Trinajstić information content (AvgIpc) is 2.79. The molecular weight excluding hydrogens is 376 g/mol. The van der Waals surface area contributed by atoms with Crippen molar-refractivity contribution in [1.82, 2.24) is 10.2 Å². The molecule has 0 aliphatic heterocycles. The van der Waals surface area contributed by atoms with Crippen molar-refractivity contribution in [2.45, 2.75) is 13.0 Å². The summed E-state index contributed by atoms with van der Waals surface area (Å²) in [5.74, 6) is 1.39. The number of benzene rings is 3. The standard InChI is InChI=1S/C25H28N2O3/c1-27(18-21-11-7-8-12-22(21)20-9-5-4-6-10-20)25(28)26-16-15-19-13-14-23(29-2)24(17-19)30-3/h4-14,17H,15-16,18H2,1-3H3,(H,26,28). The van der Waals surface area contributed by atoms with E-state index in [1.54, 1.807) is 19.1 Å². The molecule has 3 aromatic rings. The van der Waals surface area contributed by atoms with Crippen LogP contribution in [0.15, 0.2) is 72.8 Å². The molecule has 0 spiro atoms. The van der Waals surface area contributed by atoms with Crippen molar-refractivity contribution in [2.75, 3.05) is 27.8 Å². The molecule has 5 nitrogen and oxygen atoms in total. The van der Waals surface area contributed by atoms with E-state index in [-0.39, 0.29) is 6.03 Å². The van der Waals surface area contributed by atoms with Crippen LogP contribution in [0.5, 0.6) is 11.5 Å². The number of hydrogen-bond acceptors (Lipinski definition) is 3. The molecule has 0 saturated carbocycles. The van der Waals surface area contributed by atoms with Crippen molar-refractivity contribution in [3.05, 3.63) is 83.9 Å². The number of methoxy groups -OCH3 is 2. The zero-order valence-electron chi connectivity index (χ0n) is 17.7. The number of ether oxygens (including phenoxy) is 2. The van der Waals surface area contributed by atoms with E-state index in [4.69, 9.17) is 9.47 Å². The Hall–Kier alpha value is -3.47. The maximum atomic E-state index is 12.6. The van der Waals surface area contributed by atoms with Gasteiger partial charge in [-0.25, -0.2) is 4.79 Å². The van der Waals surface area contributed by atoms with Gasteiger partial charge in [0.1, 0.15) is 0 Å². The Morgan fingerprint density at radius 2 is 1.60 bits per heavy atom. The summed E-state index contributed by atoms with van der Waals surface area (Å²) < 4.78 is 10.6. The summed E-state index contributed by atoms with van der Waals surface area (Å²) in [4.78, 5) is 14.3. The molecule has 30 heavy (non-hydrogen) atoms. The van der Waals surface area contributed by atoms with Gasteiger partial charge in [-0.1, -0.05) is 60.7 Å². The molecule has 0 aliphatic carbocycles. The molecular formula is C25H28N2O3. The quantitative estimate of drug-likeness (QED) is 0.589. The third kappa shape index (κ3) is 5.32. The van der Waals surface area contributed by atoms with Crippen molar-refractivity contribution >= 4 is 6.03 Å². The maximum Gasteiger partial charge on any atom is 0.317 e. The van der Waals surface area contributed by atoms with Crippen molar-refractivity contribution in [3.8, 4) is 22.6 Å². The lowest BCUT2D eigenvalue weighted by atomic mass is 9.99. The molecule has 0 aromatic heterocycles. The van der Waals surface area contributed by atoms with Gasteiger partial charge in [-0.15, -0.1) is 0 Å². The van der Waals surface area contributed by atoms with Crippen molar-refractivity contribution in [2.24, 2.45) is 0 Å². The van der Waals surface area contributed by atoms with Gasteiger partial charge in [0.2, 0.25) is 0 Å². The topological polar surface area (TPSA) is 50.8 Å². The second-order valence-electron chi connectivity index (χ2n) is 7.05. The summed E-state index contributed by atoms with van der Waals surface area (Å²) in [6.45, 7) is 1.08. The molecule has 1 N–H and O–H groups in total. The third-order valence-corrected chi connectivity index (χ3v) is 4.99. The van der Waals surface area contributed by atoms with Crippen LogP contribution in [0.1, 0.15) is 11.1 Å². The smallest absolute Gasteiger partial charge is 0.317 e. The molecule has 0 radical (unpaired) electrons. The van der Waals surface area contributed by atoms with E-state index in [0.717, 1.165) is 22.3 Å². The van der Waals surface area contributed by atoms with Crippen molar-refractivity contribution in [3.63, 3.8) is 0 Å². The van der Waals surface area contributed by atoms with Gasteiger partial charge in [0.05, 0.1) is 14.2 Å². The maximum absolute atomic E-state index is 12.6. The Labute approximate surface area is 178 Å². The van der Waals surface area contributed by atoms with Crippen LogP contribution in [0, 0.1) is 0 Å². The van der Waals surface area contributed by atoms with Crippen molar-refractivity contribution < 1.29 is 14.3 Å². The fourth-order valence-electron chi connectivity index (χ4n) is 3.37. The van der Waals surface area contributed by atoms with E-state index in [1.165, 1.54) is 0 Å². The summed E-state index contributed by atoms with van der Waals surface area (Å²) in [7, 11) is 5.04. The molecule has 0 aliphatic rings. The number of hydrogen-bond donors (Lipinski definition) is 1. The molecule has 5 heteroatoms. The average molecular weight is 405 g/mol. The molecule has 0 heterocycles. The zero-order chi connectivity index (χ0) is 21.3. The van der Waals surface area contributed by atoms with E-state index in [2.05, 4.69) is 29.6 Å². The number of nitrogens with zero attached hydrogens (tertiary/aromatic N) is 1. The lowest BCUT2D eigenvalue weighted by molar-refractivity contribution is 0.207. The molecule has 0 saturated heterocycles. The van der Waals surface area contributed by atoms with Crippen LogP contribution in [-0.4, -0.2) is 38.7 Å². The molecule has 3 aromatic carbocycles. The lowest BCUT2D eigenvalue weighted by Crippen LogP contribution is -2.37. The summed E-state index contributed by atoms with van der Waals surface area (Å²) in [6.07, 6.45) is 0.709. The minimum Gasteiger partial charge on any atom is -0.493 e. The minimum atomic E-state index is -0.0988. The Kier molecular flexibility index (Phi) is 7.33. The summed E-state index contributed by atoms with van der Waals surface area (Å²) in [5, 5.41) is 2.99. The van der Waals surface area contributed by atoms with Crippen LogP contribution in [0.4, 0.5) is 4.79 Å². The fourth-order valence-corrected chi connectivity index (χ4v) is 3.37. The van der Waals surface area contributed by atoms with Gasteiger partial charge in [0.25, 0.3) is 0 Å². The SMILES string of the molecule is COc1ccc(CCNC(=O)N(C)Cc2ccccc2-c2ccccc2)cc1OC. The van der Waals surface area contributed by atoms with Gasteiger partial charge >= 0.3 is 6.03 Å². The number of carbonyl (C=O) groups excluding carboxylic acids is 1. The number of rotatable bonds is 8. The summed E-state index contributed by atoms with van der Waals surface area (Å²) >= 11 is 0. The number of amides is 2. The van der Waals surface area contributed by atoms with Crippen LogP contribution >= 0.6 is 0 Å². The molecule has 2 amide bonds. The zero-order valence-corrected chi connectivity index (χ0v) is 17.7. The fraction of sp³-hybridized carbons (Fsp3) is 0.240. The highest BCUT2D eigenvalue weighted by atomic mass is 16.5. The van der Waals surface area contributed by atoms with E-state index in [1.807, 2.05) is 55.6 Å². The molecule has 0 fully saturated rings. The van der Waals surface area contributed by atoms with Gasteiger partial charge in [-0.2, -0.15) is 0 Å². The first-order chi connectivity index (χ1) is 14.6. The van der Waals surface area contributed by atoms with Crippen LogP contribution in [0.2, 0.25) is 0 Å². The lowest BCUT2D eigenvalue weighted by Gasteiger charge is -2.20. The van der Waals surface area contributed by atoms with E-state index in [9.17, 15) is 4.79 Å². The van der Waals surface area contributed by atoms with Crippen LogP contribution in [0.25, 0.3) is 11.1 Å². The van der Waals surface area contributed by atoms with Crippen molar-refractivity contribution in [1.29, 1.82) is 0 Å². The van der Waals surface area contributed by atoms with Crippen LogP contribution in [0.3, 0.4) is 0 Å². The molecule has 156 valence electrons. The van der Waals surface area contributed by atoms with E-state index < -0.39 is 0 Å². The molecule has 0 atom stereocenters. The van der Waals surface area contributed by atoms with Crippen LogP contribution < -0.4 is 14.8 Å². The first-order valence-electron chi connectivity index (χ1n) is 9.95. The first kappa shape index (κ1) is 21.2. The Morgan fingerprint density at radius 1 is 0.900 bits per heavy atom. The van der Waals surface area contributed by atoms with Gasteiger partial charge in [-0.3, -0.25) is 0 Å². The molecule has 0 unspecified atom stereocenters. The van der Waals surface area contributed by atoms with Gasteiger partial charge in [0.15, 0.2) is 11.5 Å². The highest BCUT2D eigenvalue weighted by Gasteiger charge is 2.12. The highest BCUT2D eigenvalue weighted by molar-refractivity contribution is 5.75. The predicted molar refractivity (Wildman–Crippen MR) is 120 cm³/mol. The molecule has 0 bridgehead atoms. The largest absolute Gasteiger partial charge is 0.493 e.